The lowest BCUT2D eigenvalue weighted by atomic mass is 10.0. The first-order valence-corrected chi connectivity index (χ1v) is 8.48. The first kappa shape index (κ1) is 19.2. The number of phenolic OH excluding ortho intramolecular Hbond substituents is 1. The van der Waals surface area contributed by atoms with Crippen LogP contribution < -0.4 is 4.74 Å². The average molecular weight is 415 g/mol. The Hall–Kier alpha value is -2.15. The standard InChI is InChI=1S/C18H17BrF2O4/c1-2-24-15(23)7-4-8-25-18-14(20)10-13(16(19)17(18)21)11-5-3-6-12(22)9-11/h3,5-6,9-10,22H,2,4,7-8H2,1H3. The van der Waals surface area contributed by atoms with Crippen molar-refractivity contribution in [3.8, 4) is 22.6 Å². The lowest BCUT2D eigenvalue weighted by molar-refractivity contribution is -0.143. The zero-order valence-electron chi connectivity index (χ0n) is 13.5. The van der Waals surface area contributed by atoms with Crippen LogP contribution in [-0.4, -0.2) is 24.3 Å². The molecule has 0 unspecified atom stereocenters. The number of carbonyl (C=O) groups is 1. The number of phenols is 1. The maximum absolute atomic E-state index is 14.4. The second-order valence-corrected chi connectivity index (χ2v) is 5.96. The van der Waals surface area contributed by atoms with Crippen molar-refractivity contribution in [3.05, 3.63) is 46.4 Å². The number of rotatable bonds is 7. The van der Waals surface area contributed by atoms with Crippen molar-refractivity contribution in [1.82, 2.24) is 0 Å². The Kier molecular flexibility index (Phi) is 6.75. The molecule has 0 spiro atoms. The predicted octanol–water partition coefficient (Wildman–Crippen LogP) is 4.82. The van der Waals surface area contributed by atoms with Gasteiger partial charge in [0.1, 0.15) is 5.75 Å². The molecule has 0 fully saturated rings. The summed E-state index contributed by atoms with van der Waals surface area (Å²) < 4.78 is 38.6. The molecule has 0 aliphatic rings. The summed E-state index contributed by atoms with van der Waals surface area (Å²) in [7, 11) is 0. The smallest absolute Gasteiger partial charge is 0.305 e. The van der Waals surface area contributed by atoms with Crippen LogP contribution >= 0.6 is 15.9 Å². The van der Waals surface area contributed by atoms with Gasteiger partial charge in [0, 0.05) is 12.0 Å². The van der Waals surface area contributed by atoms with Crippen LogP contribution in [0, 0.1) is 11.6 Å². The molecule has 2 rings (SSSR count). The van der Waals surface area contributed by atoms with Crippen LogP contribution in [-0.2, 0) is 9.53 Å². The number of carbonyl (C=O) groups excluding carboxylic acids is 1. The molecular formula is C18H17BrF2O4. The number of esters is 1. The third kappa shape index (κ3) is 4.92. The van der Waals surface area contributed by atoms with Crippen molar-refractivity contribution in [1.29, 1.82) is 0 Å². The minimum Gasteiger partial charge on any atom is -0.508 e. The van der Waals surface area contributed by atoms with E-state index >= 15 is 0 Å². The van der Waals surface area contributed by atoms with Gasteiger partial charge in [0.2, 0.25) is 0 Å². The highest BCUT2D eigenvalue weighted by Crippen LogP contribution is 2.38. The highest BCUT2D eigenvalue weighted by molar-refractivity contribution is 9.10. The maximum Gasteiger partial charge on any atom is 0.305 e. The average Bonchev–Trinajstić information content (AvgIpc) is 2.57. The Morgan fingerprint density at radius 3 is 2.72 bits per heavy atom. The topological polar surface area (TPSA) is 55.8 Å². The molecule has 0 heterocycles. The molecule has 2 aromatic rings. The summed E-state index contributed by atoms with van der Waals surface area (Å²) in [6.07, 6.45) is 0.392. The van der Waals surface area contributed by atoms with Crippen LogP contribution in [0.25, 0.3) is 11.1 Å². The molecule has 134 valence electrons. The number of hydrogen-bond acceptors (Lipinski definition) is 4. The maximum atomic E-state index is 14.4. The Labute approximate surface area is 152 Å². The van der Waals surface area contributed by atoms with Gasteiger partial charge in [0.25, 0.3) is 0 Å². The zero-order chi connectivity index (χ0) is 18.4. The minimum absolute atomic E-state index is 0.00971. The first-order chi connectivity index (χ1) is 11.9. The van der Waals surface area contributed by atoms with E-state index in [1.54, 1.807) is 19.1 Å². The van der Waals surface area contributed by atoms with E-state index in [1.165, 1.54) is 12.1 Å². The number of ether oxygens (including phenoxy) is 2. The van der Waals surface area contributed by atoms with Crippen molar-refractivity contribution < 1.29 is 28.2 Å². The van der Waals surface area contributed by atoms with E-state index in [-0.39, 0.29) is 47.8 Å². The van der Waals surface area contributed by atoms with Gasteiger partial charge < -0.3 is 14.6 Å². The lowest BCUT2D eigenvalue weighted by Crippen LogP contribution is -2.08. The third-order valence-electron chi connectivity index (χ3n) is 3.35. The van der Waals surface area contributed by atoms with E-state index in [0.29, 0.717) is 5.56 Å². The van der Waals surface area contributed by atoms with Crippen molar-refractivity contribution in [3.63, 3.8) is 0 Å². The normalized spacial score (nSPS) is 10.6. The molecule has 0 aliphatic heterocycles. The van der Waals surface area contributed by atoms with Gasteiger partial charge in [0.05, 0.1) is 17.7 Å². The van der Waals surface area contributed by atoms with Crippen molar-refractivity contribution >= 4 is 21.9 Å². The van der Waals surface area contributed by atoms with Gasteiger partial charge in [0.15, 0.2) is 17.4 Å². The molecule has 0 aliphatic carbocycles. The van der Waals surface area contributed by atoms with Gasteiger partial charge in [-0.05, 0) is 53.0 Å². The van der Waals surface area contributed by atoms with Gasteiger partial charge in [-0.2, -0.15) is 0 Å². The number of halogens is 3. The minimum atomic E-state index is -0.880. The SMILES string of the molecule is CCOC(=O)CCCOc1c(F)cc(-c2cccc(O)c2)c(Br)c1F. The third-order valence-corrected chi connectivity index (χ3v) is 4.13. The van der Waals surface area contributed by atoms with Gasteiger partial charge >= 0.3 is 5.97 Å². The first-order valence-electron chi connectivity index (χ1n) is 7.69. The Balaban J connectivity index is 2.13. The lowest BCUT2D eigenvalue weighted by Gasteiger charge is -2.13. The molecule has 0 bridgehead atoms. The molecule has 4 nitrogen and oxygen atoms in total. The highest BCUT2D eigenvalue weighted by atomic mass is 79.9. The summed E-state index contributed by atoms with van der Waals surface area (Å²) in [5, 5.41) is 9.52. The van der Waals surface area contributed by atoms with Crippen LogP contribution in [0.4, 0.5) is 8.78 Å². The summed E-state index contributed by atoms with van der Waals surface area (Å²) in [6.45, 7) is 1.96. The van der Waals surface area contributed by atoms with E-state index in [2.05, 4.69) is 15.9 Å². The van der Waals surface area contributed by atoms with Crippen molar-refractivity contribution in [2.45, 2.75) is 19.8 Å². The van der Waals surface area contributed by atoms with Crippen molar-refractivity contribution in [2.75, 3.05) is 13.2 Å². The second-order valence-electron chi connectivity index (χ2n) is 5.17. The van der Waals surface area contributed by atoms with Crippen LogP contribution in [0.15, 0.2) is 34.8 Å². The fourth-order valence-electron chi connectivity index (χ4n) is 2.22. The van der Waals surface area contributed by atoms with Gasteiger partial charge in [-0.1, -0.05) is 12.1 Å². The van der Waals surface area contributed by atoms with E-state index in [1.807, 2.05) is 0 Å². The van der Waals surface area contributed by atoms with Crippen LogP contribution in [0.2, 0.25) is 0 Å². The molecule has 25 heavy (non-hydrogen) atoms. The molecule has 0 radical (unpaired) electrons. The molecule has 0 aromatic heterocycles. The van der Waals surface area contributed by atoms with Crippen LogP contribution in [0.5, 0.6) is 11.5 Å². The van der Waals surface area contributed by atoms with Crippen LogP contribution in [0.1, 0.15) is 19.8 Å². The monoisotopic (exact) mass is 414 g/mol. The molecular weight excluding hydrogens is 398 g/mol. The number of benzene rings is 2. The summed E-state index contributed by atoms with van der Waals surface area (Å²) in [5.41, 5.74) is 0.711. The highest BCUT2D eigenvalue weighted by Gasteiger charge is 2.19. The molecule has 1 N–H and O–H groups in total. The summed E-state index contributed by atoms with van der Waals surface area (Å²) in [5.74, 6) is -2.65. The van der Waals surface area contributed by atoms with Gasteiger partial charge in [-0.25, -0.2) is 8.78 Å². The second kappa shape index (κ2) is 8.80. The van der Waals surface area contributed by atoms with E-state index in [4.69, 9.17) is 9.47 Å². The fraction of sp³-hybridized carbons (Fsp3) is 0.278. The zero-order valence-corrected chi connectivity index (χ0v) is 15.1. The Morgan fingerprint density at radius 1 is 1.28 bits per heavy atom. The summed E-state index contributed by atoms with van der Waals surface area (Å²) in [4.78, 5) is 11.2. The van der Waals surface area contributed by atoms with E-state index < -0.39 is 17.4 Å². The molecule has 0 saturated carbocycles. The van der Waals surface area contributed by atoms with Crippen molar-refractivity contribution in [2.24, 2.45) is 0 Å². The van der Waals surface area contributed by atoms with E-state index in [0.717, 1.165) is 6.07 Å². The summed E-state index contributed by atoms with van der Waals surface area (Å²) in [6, 6.07) is 7.19. The molecule has 0 atom stereocenters. The van der Waals surface area contributed by atoms with Crippen LogP contribution in [0.3, 0.4) is 0 Å². The van der Waals surface area contributed by atoms with Gasteiger partial charge in [-0.3, -0.25) is 4.79 Å². The largest absolute Gasteiger partial charge is 0.508 e. The Bertz CT molecular complexity index is 765. The van der Waals surface area contributed by atoms with E-state index in [9.17, 15) is 18.7 Å². The quantitative estimate of drug-likeness (QED) is 0.400. The molecule has 7 heteroatoms. The number of hydrogen-bond donors (Lipinski definition) is 1. The number of aromatic hydroxyl groups is 1. The predicted molar refractivity (Wildman–Crippen MR) is 92.5 cm³/mol. The summed E-state index contributed by atoms with van der Waals surface area (Å²) >= 11 is 3.10. The molecule has 0 saturated heterocycles. The molecule has 0 amide bonds. The fourth-order valence-corrected chi connectivity index (χ4v) is 2.74. The Morgan fingerprint density at radius 2 is 2.04 bits per heavy atom. The van der Waals surface area contributed by atoms with Gasteiger partial charge in [-0.15, -0.1) is 0 Å². The molecule has 2 aromatic carbocycles.